The summed E-state index contributed by atoms with van der Waals surface area (Å²) in [5.41, 5.74) is 1.29. The number of ether oxygens (including phenoxy) is 3. The van der Waals surface area contributed by atoms with Gasteiger partial charge in [-0.2, -0.15) is 0 Å². The van der Waals surface area contributed by atoms with E-state index in [4.69, 9.17) is 14.2 Å². The molecular weight excluding hydrogens is 312 g/mol. The van der Waals surface area contributed by atoms with Crippen LogP contribution in [0.4, 0.5) is 0 Å². The van der Waals surface area contributed by atoms with Gasteiger partial charge in [-0.3, -0.25) is 0 Å². The Labute approximate surface area is 141 Å². The predicted molar refractivity (Wildman–Crippen MR) is 89.3 cm³/mol. The highest BCUT2D eigenvalue weighted by Gasteiger charge is 2.05. The maximum atomic E-state index is 11.5. The molecule has 130 valence electrons. The van der Waals surface area contributed by atoms with Crippen molar-refractivity contribution in [3.8, 4) is 5.75 Å². The van der Waals surface area contributed by atoms with Gasteiger partial charge in [-0.25, -0.2) is 9.59 Å². The Morgan fingerprint density at radius 1 is 1.25 bits per heavy atom. The van der Waals surface area contributed by atoms with Crippen molar-refractivity contribution in [2.45, 2.75) is 26.6 Å². The van der Waals surface area contributed by atoms with Gasteiger partial charge in [-0.1, -0.05) is 12.6 Å². The van der Waals surface area contributed by atoms with Crippen molar-refractivity contribution in [1.29, 1.82) is 0 Å². The molecule has 0 amide bonds. The zero-order valence-corrected chi connectivity index (χ0v) is 13.9. The SMILES string of the molecule is C=CC(=O)OCCOc1ccc(/C=C/C(=O)OC(C)C)cc1CO. The van der Waals surface area contributed by atoms with E-state index in [1.165, 1.54) is 6.08 Å². The van der Waals surface area contributed by atoms with Crippen molar-refractivity contribution in [3.63, 3.8) is 0 Å². The van der Waals surface area contributed by atoms with E-state index in [9.17, 15) is 14.7 Å². The molecule has 0 unspecified atom stereocenters. The topological polar surface area (TPSA) is 82.1 Å². The number of aliphatic hydroxyl groups is 1. The van der Waals surface area contributed by atoms with Crippen molar-refractivity contribution < 1.29 is 28.9 Å². The van der Waals surface area contributed by atoms with Crippen LogP contribution in [0.3, 0.4) is 0 Å². The maximum Gasteiger partial charge on any atom is 0.331 e. The number of hydrogen-bond donors (Lipinski definition) is 1. The summed E-state index contributed by atoms with van der Waals surface area (Å²) < 4.78 is 15.3. The Balaban J connectivity index is 2.64. The Kier molecular flexibility index (Phi) is 8.29. The molecule has 0 heterocycles. The lowest BCUT2D eigenvalue weighted by atomic mass is 10.1. The summed E-state index contributed by atoms with van der Waals surface area (Å²) in [5.74, 6) is -0.469. The first-order valence-corrected chi connectivity index (χ1v) is 7.50. The third-order valence-electron chi connectivity index (χ3n) is 2.77. The monoisotopic (exact) mass is 334 g/mol. The molecule has 0 aromatic heterocycles. The molecule has 1 N–H and O–H groups in total. The Hall–Kier alpha value is -2.60. The lowest BCUT2D eigenvalue weighted by molar-refractivity contribution is -0.141. The zero-order valence-electron chi connectivity index (χ0n) is 13.9. The molecule has 0 radical (unpaired) electrons. The van der Waals surface area contributed by atoms with Crippen LogP contribution in [0.1, 0.15) is 25.0 Å². The normalized spacial score (nSPS) is 10.7. The third kappa shape index (κ3) is 7.11. The Morgan fingerprint density at radius 2 is 2.00 bits per heavy atom. The van der Waals surface area contributed by atoms with E-state index in [1.807, 2.05) is 0 Å². The smallest absolute Gasteiger partial charge is 0.331 e. The minimum Gasteiger partial charge on any atom is -0.490 e. The van der Waals surface area contributed by atoms with E-state index < -0.39 is 11.9 Å². The number of aliphatic hydroxyl groups excluding tert-OH is 1. The fourth-order valence-corrected chi connectivity index (χ4v) is 1.76. The average molecular weight is 334 g/mol. The first-order chi connectivity index (χ1) is 11.5. The minimum atomic E-state index is -0.519. The molecule has 0 atom stereocenters. The van der Waals surface area contributed by atoms with Crippen LogP contribution >= 0.6 is 0 Å². The van der Waals surface area contributed by atoms with E-state index in [0.29, 0.717) is 11.3 Å². The van der Waals surface area contributed by atoms with Crippen LogP contribution in [0.25, 0.3) is 6.08 Å². The molecule has 0 saturated carbocycles. The number of carbonyl (C=O) groups is 2. The van der Waals surface area contributed by atoms with Gasteiger partial charge >= 0.3 is 11.9 Å². The molecule has 1 aromatic rings. The van der Waals surface area contributed by atoms with Gasteiger partial charge in [-0.15, -0.1) is 0 Å². The third-order valence-corrected chi connectivity index (χ3v) is 2.77. The molecule has 0 aliphatic heterocycles. The van der Waals surface area contributed by atoms with Crippen LogP contribution < -0.4 is 4.74 Å². The summed E-state index contributed by atoms with van der Waals surface area (Å²) in [6, 6.07) is 5.11. The molecule has 6 nitrogen and oxygen atoms in total. The number of hydrogen-bond acceptors (Lipinski definition) is 6. The van der Waals surface area contributed by atoms with E-state index in [1.54, 1.807) is 38.1 Å². The number of rotatable bonds is 9. The first kappa shape index (κ1) is 19.4. The van der Waals surface area contributed by atoms with E-state index in [2.05, 4.69) is 6.58 Å². The molecule has 0 fully saturated rings. The molecule has 1 rings (SSSR count). The molecule has 6 heteroatoms. The summed E-state index contributed by atoms with van der Waals surface area (Å²) in [6.07, 6.45) is 3.82. The van der Waals surface area contributed by atoms with Gasteiger partial charge in [-0.05, 0) is 37.6 Å². The van der Waals surface area contributed by atoms with Gasteiger partial charge in [0.05, 0.1) is 12.7 Å². The van der Waals surface area contributed by atoms with Gasteiger partial charge in [0.25, 0.3) is 0 Å². The van der Waals surface area contributed by atoms with Crippen LogP contribution in [0.2, 0.25) is 0 Å². The summed E-state index contributed by atoms with van der Waals surface area (Å²) in [7, 11) is 0. The van der Waals surface area contributed by atoms with E-state index >= 15 is 0 Å². The lowest BCUT2D eigenvalue weighted by Gasteiger charge is -2.11. The number of esters is 2. The Morgan fingerprint density at radius 3 is 2.62 bits per heavy atom. The second-order valence-corrected chi connectivity index (χ2v) is 5.06. The molecule has 0 aliphatic carbocycles. The predicted octanol–water partition coefficient (Wildman–Crippen LogP) is 2.25. The Bertz CT molecular complexity index is 604. The van der Waals surface area contributed by atoms with Gasteiger partial charge in [0.2, 0.25) is 0 Å². The molecular formula is C18H22O6. The van der Waals surface area contributed by atoms with Crippen molar-refractivity contribution >= 4 is 18.0 Å². The van der Waals surface area contributed by atoms with Gasteiger partial charge in [0.15, 0.2) is 0 Å². The van der Waals surface area contributed by atoms with E-state index in [-0.39, 0.29) is 25.9 Å². The summed E-state index contributed by atoms with van der Waals surface area (Å²) >= 11 is 0. The highest BCUT2D eigenvalue weighted by atomic mass is 16.6. The molecule has 24 heavy (non-hydrogen) atoms. The fourth-order valence-electron chi connectivity index (χ4n) is 1.76. The van der Waals surface area contributed by atoms with Crippen molar-refractivity contribution in [2.24, 2.45) is 0 Å². The fraction of sp³-hybridized carbons (Fsp3) is 0.333. The van der Waals surface area contributed by atoms with Crippen LogP contribution in [-0.4, -0.2) is 36.4 Å². The van der Waals surface area contributed by atoms with Crippen LogP contribution in [0.5, 0.6) is 5.75 Å². The highest BCUT2D eigenvalue weighted by Crippen LogP contribution is 2.21. The second-order valence-electron chi connectivity index (χ2n) is 5.06. The zero-order chi connectivity index (χ0) is 17.9. The second kappa shape index (κ2) is 10.2. The average Bonchev–Trinajstić information content (AvgIpc) is 2.56. The molecule has 0 bridgehead atoms. The number of carbonyl (C=O) groups excluding carboxylic acids is 2. The van der Waals surface area contributed by atoms with Crippen LogP contribution in [0, 0.1) is 0 Å². The van der Waals surface area contributed by atoms with Crippen molar-refractivity contribution in [3.05, 3.63) is 48.1 Å². The highest BCUT2D eigenvalue weighted by molar-refractivity contribution is 5.87. The number of benzene rings is 1. The summed E-state index contributed by atoms with van der Waals surface area (Å²) in [5, 5.41) is 9.43. The van der Waals surface area contributed by atoms with E-state index in [0.717, 1.165) is 11.6 Å². The van der Waals surface area contributed by atoms with Gasteiger partial charge in [0, 0.05) is 17.7 Å². The maximum absolute atomic E-state index is 11.5. The van der Waals surface area contributed by atoms with Crippen LogP contribution in [0.15, 0.2) is 36.9 Å². The van der Waals surface area contributed by atoms with Gasteiger partial charge in [0.1, 0.15) is 19.0 Å². The largest absolute Gasteiger partial charge is 0.490 e. The molecule has 0 saturated heterocycles. The molecule has 0 aliphatic rings. The molecule has 0 spiro atoms. The standard InChI is InChI=1S/C18H22O6/c1-4-17(20)23-10-9-22-16-7-5-14(11-15(16)12-19)6-8-18(21)24-13(2)3/h4-8,11,13,19H,1,9-10,12H2,2-3H3/b8-6+. The molecule has 1 aromatic carbocycles. The summed E-state index contributed by atoms with van der Waals surface area (Å²) in [4.78, 5) is 22.4. The lowest BCUT2D eigenvalue weighted by Crippen LogP contribution is -2.11. The van der Waals surface area contributed by atoms with Gasteiger partial charge < -0.3 is 19.3 Å². The van der Waals surface area contributed by atoms with Crippen molar-refractivity contribution in [1.82, 2.24) is 0 Å². The minimum absolute atomic E-state index is 0.0818. The van der Waals surface area contributed by atoms with Crippen LogP contribution in [-0.2, 0) is 25.7 Å². The van der Waals surface area contributed by atoms with Crippen molar-refractivity contribution in [2.75, 3.05) is 13.2 Å². The quantitative estimate of drug-likeness (QED) is 0.424. The first-order valence-electron chi connectivity index (χ1n) is 7.50. The summed E-state index contributed by atoms with van der Waals surface area (Å²) in [6.45, 7) is 6.85.